The van der Waals surface area contributed by atoms with Gasteiger partial charge in [0, 0.05) is 25.6 Å². The van der Waals surface area contributed by atoms with Crippen LogP contribution in [0.5, 0.6) is 0 Å². The summed E-state index contributed by atoms with van der Waals surface area (Å²) in [6.07, 6.45) is 8.96. The van der Waals surface area contributed by atoms with Gasteiger partial charge in [0.05, 0.1) is 0 Å². The van der Waals surface area contributed by atoms with Crippen molar-refractivity contribution in [3.63, 3.8) is 0 Å². The molecular formula is C14H26ClN3O2. The van der Waals surface area contributed by atoms with Gasteiger partial charge >= 0.3 is 0 Å². The summed E-state index contributed by atoms with van der Waals surface area (Å²) in [7, 11) is 0. The second-order valence-corrected chi connectivity index (χ2v) is 5.59. The number of halogens is 1. The van der Waals surface area contributed by atoms with Crippen LogP contribution in [0.1, 0.15) is 51.4 Å². The summed E-state index contributed by atoms with van der Waals surface area (Å²) in [5, 5.41) is 9.08. The number of nitrogens with one attached hydrogen (secondary N) is 3. The molecular weight excluding hydrogens is 278 g/mol. The highest BCUT2D eigenvalue weighted by atomic mass is 35.5. The average Bonchev–Trinajstić information content (AvgIpc) is 2.68. The molecule has 116 valence electrons. The molecule has 0 aromatic heterocycles. The third kappa shape index (κ3) is 5.67. The summed E-state index contributed by atoms with van der Waals surface area (Å²) >= 11 is 0. The predicted molar refractivity (Wildman–Crippen MR) is 80.9 cm³/mol. The van der Waals surface area contributed by atoms with Crippen molar-refractivity contribution in [2.24, 2.45) is 0 Å². The highest BCUT2D eigenvalue weighted by molar-refractivity contribution is 5.90. The maximum atomic E-state index is 11.7. The van der Waals surface area contributed by atoms with Crippen LogP contribution in [0.15, 0.2) is 0 Å². The molecule has 6 heteroatoms. The zero-order valence-electron chi connectivity index (χ0n) is 12.0. The first-order chi connectivity index (χ1) is 9.25. The summed E-state index contributed by atoms with van der Waals surface area (Å²) < 4.78 is 0. The Labute approximate surface area is 127 Å². The molecule has 3 N–H and O–H groups in total. The highest BCUT2D eigenvalue weighted by Gasteiger charge is 2.26. The SMILES string of the molecule is Cl.O=C1CC[C@@H](C(=O)NCCNC2CCCCCC2)N1. The van der Waals surface area contributed by atoms with Gasteiger partial charge in [-0.1, -0.05) is 25.7 Å². The van der Waals surface area contributed by atoms with Gasteiger partial charge < -0.3 is 16.0 Å². The van der Waals surface area contributed by atoms with Crippen molar-refractivity contribution in [1.82, 2.24) is 16.0 Å². The smallest absolute Gasteiger partial charge is 0.242 e. The maximum absolute atomic E-state index is 11.7. The molecule has 2 rings (SSSR count). The molecule has 2 aliphatic rings. The average molecular weight is 304 g/mol. The van der Waals surface area contributed by atoms with Crippen LogP contribution >= 0.6 is 12.4 Å². The number of rotatable bonds is 5. The molecule has 0 unspecified atom stereocenters. The zero-order chi connectivity index (χ0) is 13.5. The lowest BCUT2D eigenvalue weighted by molar-refractivity contribution is -0.125. The van der Waals surface area contributed by atoms with Crippen molar-refractivity contribution in [3.8, 4) is 0 Å². The molecule has 1 atom stereocenters. The van der Waals surface area contributed by atoms with Crippen molar-refractivity contribution in [2.75, 3.05) is 13.1 Å². The number of carbonyl (C=O) groups is 2. The molecule has 2 fully saturated rings. The van der Waals surface area contributed by atoms with E-state index in [0.29, 0.717) is 25.4 Å². The minimum absolute atomic E-state index is 0. The van der Waals surface area contributed by atoms with Crippen molar-refractivity contribution >= 4 is 24.2 Å². The first-order valence-electron chi connectivity index (χ1n) is 7.56. The van der Waals surface area contributed by atoms with E-state index in [-0.39, 0.29) is 30.3 Å². The van der Waals surface area contributed by atoms with Gasteiger partial charge in [0.15, 0.2) is 0 Å². The predicted octanol–water partition coefficient (Wildman–Crippen LogP) is 1.12. The number of amides is 2. The Morgan fingerprint density at radius 2 is 1.80 bits per heavy atom. The van der Waals surface area contributed by atoms with Crippen molar-refractivity contribution in [2.45, 2.75) is 63.5 Å². The van der Waals surface area contributed by atoms with Gasteiger partial charge in [-0.05, 0) is 19.3 Å². The Hall–Kier alpha value is -0.810. The van der Waals surface area contributed by atoms with E-state index >= 15 is 0 Å². The molecule has 0 aromatic rings. The normalized spacial score (nSPS) is 23.6. The van der Waals surface area contributed by atoms with E-state index < -0.39 is 0 Å². The quantitative estimate of drug-likeness (QED) is 0.526. The fourth-order valence-corrected chi connectivity index (χ4v) is 2.88. The Kier molecular flexibility index (Phi) is 7.92. The van der Waals surface area contributed by atoms with Crippen LogP contribution in [0.25, 0.3) is 0 Å². The molecule has 1 heterocycles. The van der Waals surface area contributed by atoms with Gasteiger partial charge in [-0.3, -0.25) is 9.59 Å². The third-order valence-corrected chi connectivity index (χ3v) is 4.02. The fourth-order valence-electron chi connectivity index (χ4n) is 2.88. The highest BCUT2D eigenvalue weighted by Crippen LogP contribution is 2.16. The first kappa shape index (κ1) is 17.2. The molecule has 1 aliphatic carbocycles. The maximum Gasteiger partial charge on any atom is 0.242 e. The van der Waals surface area contributed by atoms with Crippen LogP contribution in [0, 0.1) is 0 Å². The van der Waals surface area contributed by atoms with Gasteiger partial charge in [0.25, 0.3) is 0 Å². The number of carbonyl (C=O) groups excluding carboxylic acids is 2. The minimum atomic E-state index is -0.314. The van der Waals surface area contributed by atoms with E-state index in [2.05, 4.69) is 16.0 Å². The molecule has 5 nitrogen and oxygen atoms in total. The topological polar surface area (TPSA) is 70.2 Å². The van der Waals surface area contributed by atoms with E-state index in [1.165, 1.54) is 38.5 Å². The largest absolute Gasteiger partial charge is 0.353 e. The standard InChI is InChI=1S/C14H25N3O2.ClH/c18-13-8-7-12(17-13)14(19)16-10-9-15-11-5-3-1-2-4-6-11;/h11-12,15H,1-10H2,(H,16,19)(H,17,18);1H/t12-;/m0./s1. The van der Waals surface area contributed by atoms with Crippen molar-refractivity contribution < 1.29 is 9.59 Å². The molecule has 1 aliphatic heterocycles. The summed E-state index contributed by atoms with van der Waals surface area (Å²) in [6, 6.07) is 0.302. The van der Waals surface area contributed by atoms with Crippen LogP contribution in [-0.4, -0.2) is 37.0 Å². The monoisotopic (exact) mass is 303 g/mol. The van der Waals surface area contributed by atoms with Gasteiger partial charge in [-0.15, -0.1) is 12.4 Å². The number of hydrogen-bond acceptors (Lipinski definition) is 3. The molecule has 1 saturated heterocycles. The first-order valence-corrected chi connectivity index (χ1v) is 7.56. The lowest BCUT2D eigenvalue weighted by atomic mass is 10.1. The van der Waals surface area contributed by atoms with Crippen LogP contribution in [0.2, 0.25) is 0 Å². The van der Waals surface area contributed by atoms with Crippen LogP contribution in [-0.2, 0) is 9.59 Å². The summed E-state index contributed by atoms with van der Waals surface area (Å²) in [4.78, 5) is 22.8. The van der Waals surface area contributed by atoms with E-state index in [0.717, 1.165) is 6.54 Å². The van der Waals surface area contributed by atoms with E-state index in [1.54, 1.807) is 0 Å². The molecule has 0 radical (unpaired) electrons. The Balaban J connectivity index is 0.00000200. The molecule has 0 bridgehead atoms. The molecule has 1 saturated carbocycles. The van der Waals surface area contributed by atoms with Crippen LogP contribution < -0.4 is 16.0 Å². The van der Waals surface area contributed by atoms with Gasteiger partial charge in [-0.25, -0.2) is 0 Å². The number of hydrogen-bond donors (Lipinski definition) is 3. The summed E-state index contributed by atoms with van der Waals surface area (Å²) in [5.41, 5.74) is 0. The van der Waals surface area contributed by atoms with Gasteiger partial charge in [-0.2, -0.15) is 0 Å². The van der Waals surface area contributed by atoms with Crippen LogP contribution in [0.3, 0.4) is 0 Å². The Bertz CT molecular complexity index is 318. The summed E-state index contributed by atoms with van der Waals surface area (Å²) in [6.45, 7) is 1.46. The summed E-state index contributed by atoms with van der Waals surface area (Å²) in [5.74, 6) is -0.0646. The Morgan fingerprint density at radius 1 is 1.10 bits per heavy atom. The molecule has 0 aromatic carbocycles. The second-order valence-electron chi connectivity index (χ2n) is 5.59. The minimum Gasteiger partial charge on any atom is -0.353 e. The molecule has 0 spiro atoms. The third-order valence-electron chi connectivity index (χ3n) is 4.02. The lowest BCUT2D eigenvalue weighted by Gasteiger charge is -2.17. The van der Waals surface area contributed by atoms with E-state index in [9.17, 15) is 9.59 Å². The van der Waals surface area contributed by atoms with Crippen molar-refractivity contribution in [1.29, 1.82) is 0 Å². The zero-order valence-corrected chi connectivity index (χ0v) is 12.8. The van der Waals surface area contributed by atoms with E-state index in [1.807, 2.05) is 0 Å². The lowest BCUT2D eigenvalue weighted by Crippen LogP contribution is -2.44. The molecule has 20 heavy (non-hydrogen) atoms. The fraction of sp³-hybridized carbons (Fsp3) is 0.857. The van der Waals surface area contributed by atoms with E-state index in [4.69, 9.17) is 0 Å². The van der Waals surface area contributed by atoms with Gasteiger partial charge in [0.1, 0.15) is 6.04 Å². The second kappa shape index (κ2) is 9.19. The van der Waals surface area contributed by atoms with Gasteiger partial charge in [0.2, 0.25) is 11.8 Å². The van der Waals surface area contributed by atoms with Crippen molar-refractivity contribution in [3.05, 3.63) is 0 Å². The molecule has 2 amide bonds. The van der Waals surface area contributed by atoms with Crippen LogP contribution in [0.4, 0.5) is 0 Å². The Morgan fingerprint density at radius 3 is 2.40 bits per heavy atom.